The average molecular weight is 439 g/mol. The number of anilines is 1. The number of aryl methyl sites for hydroxylation is 3. The second kappa shape index (κ2) is 7.64. The van der Waals surface area contributed by atoms with Crippen LogP contribution in [0.25, 0.3) is 10.2 Å². The van der Waals surface area contributed by atoms with Crippen molar-refractivity contribution in [1.29, 1.82) is 5.26 Å². The fourth-order valence-electron chi connectivity index (χ4n) is 4.56. The van der Waals surface area contributed by atoms with Crippen molar-refractivity contribution in [3.63, 3.8) is 0 Å². The van der Waals surface area contributed by atoms with Gasteiger partial charge in [0.25, 0.3) is 11.5 Å². The number of amides is 1. The lowest BCUT2D eigenvalue weighted by molar-refractivity contribution is 0.103. The first-order chi connectivity index (χ1) is 14.6. The number of hydrogen-bond acceptors (Lipinski definition) is 6. The summed E-state index contributed by atoms with van der Waals surface area (Å²) < 4.78 is 1.79. The van der Waals surface area contributed by atoms with Crippen molar-refractivity contribution in [2.75, 3.05) is 5.32 Å². The van der Waals surface area contributed by atoms with Crippen molar-refractivity contribution in [3.05, 3.63) is 42.6 Å². The average Bonchev–Trinajstić information content (AvgIpc) is 3.14. The highest BCUT2D eigenvalue weighted by molar-refractivity contribution is 7.21. The number of hydrogen-bond donors (Lipinski definition) is 1. The molecule has 8 heteroatoms. The molecular formula is C22H22N4O2S2. The van der Waals surface area contributed by atoms with Crippen molar-refractivity contribution in [1.82, 2.24) is 9.55 Å². The Morgan fingerprint density at radius 3 is 2.77 bits per heavy atom. The van der Waals surface area contributed by atoms with Crippen molar-refractivity contribution in [2.45, 2.75) is 64.8 Å². The van der Waals surface area contributed by atoms with E-state index < -0.39 is 0 Å². The fourth-order valence-corrected chi connectivity index (χ4v) is 6.88. The highest BCUT2D eigenvalue weighted by Gasteiger charge is 2.25. The fraction of sp³-hybridized carbons (Fsp3) is 0.455. The Hall–Kier alpha value is -2.50. The first kappa shape index (κ1) is 19.5. The molecular weight excluding hydrogens is 416 g/mol. The van der Waals surface area contributed by atoms with Gasteiger partial charge in [-0.25, -0.2) is 4.98 Å². The minimum atomic E-state index is -0.259. The van der Waals surface area contributed by atoms with E-state index in [9.17, 15) is 14.9 Å². The van der Waals surface area contributed by atoms with Crippen LogP contribution in [-0.4, -0.2) is 15.5 Å². The molecule has 0 spiro atoms. The highest BCUT2D eigenvalue weighted by atomic mass is 32.1. The van der Waals surface area contributed by atoms with Gasteiger partial charge in [0, 0.05) is 17.8 Å². The van der Waals surface area contributed by atoms with Gasteiger partial charge in [0.2, 0.25) is 0 Å². The van der Waals surface area contributed by atoms with E-state index in [-0.39, 0.29) is 11.5 Å². The van der Waals surface area contributed by atoms with Crippen LogP contribution in [0.5, 0.6) is 0 Å². The summed E-state index contributed by atoms with van der Waals surface area (Å²) in [4.78, 5) is 33.4. The first-order valence-corrected chi connectivity index (χ1v) is 12.1. The molecule has 3 aromatic rings. The van der Waals surface area contributed by atoms with E-state index in [1.54, 1.807) is 4.57 Å². The van der Waals surface area contributed by atoms with Crippen molar-refractivity contribution < 1.29 is 4.79 Å². The molecule has 0 atom stereocenters. The summed E-state index contributed by atoms with van der Waals surface area (Å²) in [6, 6.07) is 2.29. The normalized spacial score (nSPS) is 15.9. The maximum absolute atomic E-state index is 13.1. The second-order valence-corrected chi connectivity index (χ2v) is 10.1. The number of fused-ring (bicyclic) bond motifs is 3. The van der Waals surface area contributed by atoms with Gasteiger partial charge in [0.1, 0.15) is 21.7 Å². The Morgan fingerprint density at radius 1 is 1.13 bits per heavy atom. The smallest absolute Gasteiger partial charge is 0.266 e. The molecule has 3 aromatic heterocycles. The van der Waals surface area contributed by atoms with Crippen LogP contribution in [-0.2, 0) is 25.8 Å². The number of rotatable bonds is 2. The van der Waals surface area contributed by atoms with Crippen molar-refractivity contribution in [2.24, 2.45) is 0 Å². The Bertz CT molecular complexity index is 1280. The van der Waals surface area contributed by atoms with Gasteiger partial charge in [-0.2, -0.15) is 5.26 Å². The zero-order valence-electron chi connectivity index (χ0n) is 16.8. The number of carbonyl (C=O) groups is 1. The molecule has 4 heterocycles. The number of carbonyl (C=O) groups excluding carboxylic acids is 1. The second-order valence-electron chi connectivity index (χ2n) is 8.01. The Kier molecular flexibility index (Phi) is 4.95. The molecule has 0 aromatic carbocycles. The number of nitrogens with one attached hydrogen (secondary N) is 1. The predicted molar refractivity (Wildman–Crippen MR) is 120 cm³/mol. The van der Waals surface area contributed by atoms with Gasteiger partial charge in [-0.15, -0.1) is 22.7 Å². The Morgan fingerprint density at radius 2 is 1.93 bits per heavy atom. The molecule has 1 aliphatic heterocycles. The Labute approximate surface area is 182 Å². The molecule has 0 saturated carbocycles. The molecule has 0 fully saturated rings. The van der Waals surface area contributed by atoms with Gasteiger partial charge >= 0.3 is 0 Å². The maximum Gasteiger partial charge on any atom is 0.266 e. The molecule has 1 aliphatic carbocycles. The van der Waals surface area contributed by atoms with Crippen molar-refractivity contribution >= 4 is 43.8 Å². The maximum atomic E-state index is 13.1. The number of thiophene rings is 2. The van der Waals surface area contributed by atoms with Crippen LogP contribution in [0.4, 0.5) is 5.00 Å². The van der Waals surface area contributed by atoms with Crippen molar-refractivity contribution in [3.8, 4) is 6.07 Å². The molecule has 30 heavy (non-hydrogen) atoms. The quantitative estimate of drug-likeness (QED) is 0.635. The largest absolute Gasteiger partial charge is 0.312 e. The third kappa shape index (κ3) is 3.08. The summed E-state index contributed by atoms with van der Waals surface area (Å²) in [6.07, 6.45) is 8.01. The van der Waals surface area contributed by atoms with Gasteiger partial charge in [-0.1, -0.05) is 6.42 Å². The first-order valence-electron chi connectivity index (χ1n) is 10.5. The molecule has 154 valence electrons. The van der Waals surface area contributed by atoms with Gasteiger partial charge in [-0.3, -0.25) is 14.2 Å². The molecule has 0 saturated heterocycles. The topological polar surface area (TPSA) is 87.8 Å². The molecule has 1 amide bonds. The zero-order valence-corrected chi connectivity index (χ0v) is 18.5. The van der Waals surface area contributed by atoms with Crippen LogP contribution in [0.3, 0.4) is 0 Å². The Balaban J connectivity index is 1.54. The lowest BCUT2D eigenvalue weighted by Crippen LogP contribution is -2.24. The minimum Gasteiger partial charge on any atom is -0.312 e. The predicted octanol–water partition coefficient (Wildman–Crippen LogP) is 4.56. The summed E-state index contributed by atoms with van der Waals surface area (Å²) >= 11 is 2.80. The number of nitrogens with zero attached hydrogens (tertiary/aromatic N) is 3. The molecule has 0 radical (unpaired) electrons. The third-order valence-corrected chi connectivity index (χ3v) is 8.52. The van der Waals surface area contributed by atoms with Crippen LogP contribution in [0.2, 0.25) is 0 Å². The van der Waals surface area contributed by atoms with E-state index >= 15 is 0 Å². The standard InChI is InChI=1S/C22H22N4O2S2/c1-12-17-21(24-16-9-3-2-6-10-26(16)22(17)28)30-18(12)19(27)25-20-14(11-23)13-7-4-5-8-15(13)29-20/h2-10H2,1H3,(H,25,27). The van der Waals surface area contributed by atoms with E-state index in [4.69, 9.17) is 4.98 Å². The summed E-state index contributed by atoms with van der Waals surface area (Å²) in [5.41, 5.74) is 2.35. The summed E-state index contributed by atoms with van der Waals surface area (Å²) in [5.74, 6) is 0.570. The van der Waals surface area contributed by atoms with Gasteiger partial charge in [0.05, 0.1) is 15.8 Å². The lowest BCUT2D eigenvalue weighted by atomic mass is 9.96. The number of nitriles is 1. The molecule has 5 rings (SSSR count). The van der Waals surface area contributed by atoms with Crippen LogP contribution >= 0.6 is 22.7 Å². The van der Waals surface area contributed by atoms with Crippen LogP contribution in [0.15, 0.2) is 4.79 Å². The third-order valence-electron chi connectivity index (χ3n) is 6.13. The van der Waals surface area contributed by atoms with E-state index in [0.29, 0.717) is 37.8 Å². The summed E-state index contributed by atoms with van der Waals surface area (Å²) in [5, 5.41) is 13.8. The van der Waals surface area contributed by atoms with Crippen LogP contribution in [0.1, 0.15) is 69.2 Å². The lowest BCUT2D eigenvalue weighted by Gasteiger charge is -2.09. The molecule has 1 N–H and O–H groups in total. The molecule has 6 nitrogen and oxygen atoms in total. The van der Waals surface area contributed by atoms with E-state index in [1.165, 1.54) is 27.6 Å². The van der Waals surface area contributed by atoms with E-state index in [2.05, 4.69) is 11.4 Å². The van der Waals surface area contributed by atoms with Gasteiger partial charge < -0.3 is 5.32 Å². The van der Waals surface area contributed by atoms with E-state index in [0.717, 1.165) is 62.8 Å². The number of aromatic nitrogens is 2. The minimum absolute atomic E-state index is 0.0333. The monoisotopic (exact) mass is 438 g/mol. The molecule has 0 unspecified atom stereocenters. The van der Waals surface area contributed by atoms with Gasteiger partial charge in [-0.05, 0) is 56.6 Å². The van der Waals surface area contributed by atoms with Crippen LogP contribution < -0.4 is 10.9 Å². The summed E-state index contributed by atoms with van der Waals surface area (Å²) in [7, 11) is 0. The van der Waals surface area contributed by atoms with Crippen LogP contribution in [0, 0.1) is 18.3 Å². The van der Waals surface area contributed by atoms with Gasteiger partial charge in [0.15, 0.2) is 0 Å². The summed E-state index contributed by atoms with van der Waals surface area (Å²) in [6.45, 7) is 2.52. The highest BCUT2D eigenvalue weighted by Crippen LogP contribution is 2.38. The van der Waals surface area contributed by atoms with E-state index in [1.807, 2.05) is 6.92 Å². The molecule has 2 aliphatic rings. The molecule has 0 bridgehead atoms. The SMILES string of the molecule is Cc1c(C(=O)Nc2sc3c(c2C#N)CCCC3)sc2nc3n(c(=O)c12)CCCCC3. The zero-order chi connectivity index (χ0) is 20.8.